The van der Waals surface area contributed by atoms with Gasteiger partial charge in [-0.15, -0.1) is 0 Å². The fourth-order valence-corrected chi connectivity index (χ4v) is 4.01. The number of nitrogens with one attached hydrogen (secondary N) is 1. The summed E-state index contributed by atoms with van der Waals surface area (Å²) in [4.78, 5) is 12.2. The SMILES string of the molecule is COc1cc(C=CCCNC(=O)OCC2c3ccccc3-c3ccccc32)c(F)cc1N. The van der Waals surface area contributed by atoms with Gasteiger partial charge >= 0.3 is 6.09 Å². The molecule has 1 amide bonds. The van der Waals surface area contributed by atoms with E-state index in [2.05, 4.69) is 29.6 Å². The molecule has 3 aromatic carbocycles. The van der Waals surface area contributed by atoms with Crippen LogP contribution in [0.25, 0.3) is 17.2 Å². The number of alkyl carbamates (subject to hydrolysis) is 1. The van der Waals surface area contributed by atoms with Crippen LogP contribution >= 0.6 is 0 Å². The molecule has 0 spiro atoms. The van der Waals surface area contributed by atoms with Gasteiger partial charge in [-0.3, -0.25) is 0 Å². The second-order valence-corrected chi connectivity index (χ2v) is 7.56. The smallest absolute Gasteiger partial charge is 0.407 e. The maximum atomic E-state index is 14.0. The first kappa shape index (κ1) is 21.4. The van der Waals surface area contributed by atoms with Crippen molar-refractivity contribution < 1.29 is 18.7 Å². The van der Waals surface area contributed by atoms with Gasteiger partial charge in [0.05, 0.1) is 12.8 Å². The topological polar surface area (TPSA) is 73.6 Å². The summed E-state index contributed by atoms with van der Waals surface area (Å²) < 4.78 is 24.6. The monoisotopic (exact) mass is 432 g/mol. The highest BCUT2D eigenvalue weighted by molar-refractivity contribution is 5.79. The lowest BCUT2D eigenvalue weighted by Crippen LogP contribution is -2.26. The van der Waals surface area contributed by atoms with Crippen LogP contribution in [0.4, 0.5) is 14.9 Å². The number of methoxy groups -OCH3 is 1. The molecule has 0 radical (unpaired) electrons. The van der Waals surface area contributed by atoms with E-state index in [-0.39, 0.29) is 18.2 Å². The zero-order valence-corrected chi connectivity index (χ0v) is 17.8. The molecule has 3 N–H and O–H groups in total. The molecule has 32 heavy (non-hydrogen) atoms. The Bertz CT molecular complexity index is 1110. The molecular formula is C26H25FN2O3. The van der Waals surface area contributed by atoms with Gasteiger partial charge < -0.3 is 20.5 Å². The molecule has 0 aliphatic heterocycles. The van der Waals surface area contributed by atoms with E-state index in [0.29, 0.717) is 24.3 Å². The van der Waals surface area contributed by atoms with Crippen LogP contribution in [0.2, 0.25) is 0 Å². The van der Waals surface area contributed by atoms with E-state index in [1.54, 1.807) is 18.2 Å². The number of amides is 1. The highest BCUT2D eigenvalue weighted by atomic mass is 19.1. The molecule has 6 heteroatoms. The molecule has 1 aliphatic carbocycles. The van der Waals surface area contributed by atoms with Crippen molar-refractivity contribution in [1.82, 2.24) is 5.32 Å². The van der Waals surface area contributed by atoms with Crippen LogP contribution in [0, 0.1) is 5.82 Å². The van der Waals surface area contributed by atoms with Crippen molar-refractivity contribution in [3.05, 3.63) is 89.2 Å². The summed E-state index contributed by atoms with van der Waals surface area (Å²) in [7, 11) is 1.48. The summed E-state index contributed by atoms with van der Waals surface area (Å²) >= 11 is 0. The number of nitrogens with two attached hydrogens (primary N) is 1. The second kappa shape index (κ2) is 9.56. The van der Waals surface area contributed by atoms with Crippen molar-refractivity contribution in [3.63, 3.8) is 0 Å². The van der Waals surface area contributed by atoms with Gasteiger partial charge in [-0.2, -0.15) is 0 Å². The predicted octanol–water partition coefficient (Wildman–Crippen LogP) is 5.36. The van der Waals surface area contributed by atoms with E-state index in [1.165, 1.54) is 35.4 Å². The molecule has 0 aromatic heterocycles. The number of nitrogen functional groups attached to an aromatic ring is 1. The molecule has 0 fully saturated rings. The number of carbonyl (C=O) groups is 1. The third kappa shape index (κ3) is 4.44. The van der Waals surface area contributed by atoms with Crippen LogP contribution in [-0.2, 0) is 4.74 Å². The largest absolute Gasteiger partial charge is 0.495 e. The molecule has 0 bridgehead atoms. The van der Waals surface area contributed by atoms with Crippen LogP contribution in [0.1, 0.15) is 29.0 Å². The molecule has 3 aromatic rings. The molecule has 0 saturated carbocycles. The standard InChI is InChI=1S/C26H25FN2O3/c1-31-25-14-17(23(27)15-24(25)28)8-6-7-13-29-26(30)32-16-22-20-11-4-2-9-18(20)19-10-3-5-12-21(19)22/h2-6,8-12,14-15,22H,7,13,16,28H2,1H3,(H,29,30). The lowest BCUT2D eigenvalue weighted by molar-refractivity contribution is 0.143. The summed E-state index contributed by atoms with van der Waals surface area (Å²) in [6, 6.07) is 19.2. The summed E-state index contributed by atoms with van der Waals surface area (Å²) in [6.07, 6.45) is 3.46. The summed E-state index contributed by atoms with van der Waals surface area (Å²) in [5, 5.41) is 2.74. The van der Waals surface area contributed by atoms with Crippen molar-refractivity contribution in [2.45, 2.75) is 12.3 Å². The molecule has 0 heterocycles. The fraction of sp³-hybridized carbons (Fsp3) is 0.192. The Labute approximate surface area is 186 Å². The van der Waals surface area contributed by atoms with E-state index < -0.39 is 11.9 Å². The summed E-state index contributed by atoms with van der Waals surface area (Å²) in [5.41, 5.74) is 11.0. The first-order chi connectivity index (χ1) is 15.6. The van der Waals surface area contributed by atoms with Crippen molar-refractivity contribution in [2.24, 2.45) is 0 Å². The third-order valence-electron chi connectivity index (χ3n) is 5.57. The molecule has 5 nitrogen and oxygen atoms in total. The van der Waals surface area contributed by atoms with Gasteiger partial charge in [-0.05, 0) is 34.7 Å². The first-order valence-electron chi connectivity index (χ1n) is 10.5. The lowest BCUT2D eigenvalue weighted by Gasteiger charge is -2.14. The van der Waals surface area contributed by atoms with Crippen LogP contribution in [0.5, 0.6) is 5.75 Å². The Balaban J connectivity index is 1.28. The molecule has 0 unspecified atom stereocenters. The molecule has 0 saturated heterocycles. The van der Waals surface area contributed by atoms with Crippen molar-refractivity contribution >= 4 is 17.9 Å². The van der Waals surface area contributed by atoms with Gasteiger partial charge in [-0.25, -0.2) is 9.18 Å². The number of ether oxygens (including phenoxy) is 2. The number of rotatable bonds is 7. The first-order valence-corrected chi connectivity index (χ1v) is 10.5. The predicted molar refractivity (Wildman–Crippen MR) is 124 cm³/mol. The number of anilines is 1. The Morgan fingerprint density at radius 1 is 1.09 bits per heavy atom. The average molecular weight is 432 g/mol. The maximum absolute atomic E-state index is 14.0. The number of carbonyl (C=O) groups excluding carboxylic acids is 1. The Kier molecular flexibility index (Phi) is 6.40. The minimum atomic E-state index is -0.472. The quantitative estimate of drug-likeness (QED) is 0.389. The van der Waals surface area contributed by atoms with Gasteiger partial charge in [-0.1, -0.05) is 60.7 Å². The number of halogens is 1. The van der Waals surface area contributed by atoms with Gasteiger partial charge in [0.1, 0.15) is 18.2 Å². The zero-order chi connectivity index (χ0) is 22.5. The highest BCUT2D eigenvalue weighted by Crippen LogP contribution is 2.44. The zero-order valence-electron chi connectivity index (χ0n) is 17.8. The second-order valence-electron chi connectivity index (χ2n) is 7.56. The van der Waals surface area contributed by atoms with Crippen molar-refractivity contribution in [2.75, 3.05) is 26.0 Å². The Hall–Kier alpha value is -3.80. The van der Waals surface area contributed by atoms with Crippen LogP contribution in [-0.4, -0.2) is 26.4 Å². The average Bonchev–Trinajstić information content (AvgIpc) is 3.12. The Morgan fingerprint density at radius 3 is 2.41 bits per heavy atom. The van der Waals surface area contributed by atoms with E-state index in [1.807, 2.05) is 24.3 Å². The van der Waals surface area contributed by atoms with Crippen LogP contribution in [0.15, 0.2) is 66.7 Å². The molecule has 164 valence electrons. The van der Waals surface area contributed by atoms with Gasteiger partial charge in [0, 0.05) is 24.1 Å². The van der Waals surface area contributed by atoms with E-state index in [0.717, 1.165) is 0 Å². The number of benzene rings is 3. The maximum Gasteiger partial charge on any atom is 0.407 e. The molecule has 1 aliphatic rings. The van der Waals surface area contributed by atoms with Crippen molar-refractivity contribution in [1.29, 1.82) is 0 Å². The van der Waals surface area contributed by atoms with E-state index >= 15 is 0 Å². The number of hydrogen-bond acceptors (Lipinski definition) is 4. The molecular weight excluding hydrogens is 407 g/mol. The minimum absolute atomic E-state index is 0.0246. The number of hydrogen-bond donors (Lipinski definition) is 2. The highest BCUT2D eigenvalue weighted by Gasteiger charge is 2.28. The molecule has 4 rings (SSSR count). The summed E-state index contributed by atoms with van der Waals surface area (Å²) in [6.45, 7) is 0.646. The minimum Gasteiger partial charge on any atom is -0.495 e. The van der Waals surface area contributed by atoms with Crippen LogP contribution < -0.4 is 15.8 Å². The summed E-state index contributed by atoms with van der Waals surface area (Å²) in [5.74, 6) is 0.0170. The van der Waals surface area contributed by atoms with E-state index in [4.69, 9.17) is 15.2 Å². The number of fused-ring (bicyclic) bond motifs is 3. The van der Waals surface area contributed by atoms with E-state index in [9.17, 15) is 9.18 Å². The third-order valence-corrected chi connectivity index (χ3v) is 5.57. The molecule has 0 atom stereocenters. The van der Waals surface area contributed by atoms with Gasteiger partial charge in [0.15, 0.2) is 0 Å². The van der Waals surface area contributed by atoms with Crippen LogP contribution in [0.3, 0.4) is 0 Å². The van der Waals surface area contributed by atoms with Gasteiger partial charge in [0.25, 0.3) is 0 Å². The van der Waals surface area contributed by atoms with Gasteiger partial charge in [0.2, 0.25) is 0 Å². The fourth-order valence-electron chi connectivity index (χ4n) is 4.01. The lowest BCUT2D eigenvalue weighted by atomic mass is 9.98. The normalized spacial score (nSPS) is 12.4. The van der Waals surface area contributed by atoms with Crippen molar-refractivity contribution in [3.8, 4) is 16.9 Å². The Morgan fingerprint density at radius 2 is 1.75 bits per heavy atom.